The summed E-state index contributed by atoms with van der Waals surface area (Å²) in [5, 5.41) is 2.75. The molecule has 1 heteroatoms. The minimum Gasteiger partial charge on any atom is -0.135 e. The highest BCUT2D eigenvalue weighted by atomic mass is 32.1. The van der Waals surface area contributed by atoms with Gasteiger partial charge in [-0.1, -0.05) is 182 Å². The van der Waals surface area contributed by atoms with Gasteiger partial charge in [-0.25, -0.2) is 0 Å². The van der Waals surface area contributed by atoms with Crippen molar-refractivity contribution in [2.24, 2.45) is 0 Å². The predicted octanol–water partition coefficient (Wildman–Crippen LogP) is 15.4. The molecule has 2 aliphatic rings. The molecule has 0 saturated heterocycles. The first kappa shape index (κ1) is 32.4. The van der Waals surface area contributed by atoms with Gasteiger partial charge in [0.25, 0.3) is 0 Å². The molecule has 1 aromatic heterocycles. The van der Waals surface area contributed by atoms with E-state index in [0.29, 0.717) is 0 Å². The van der Waals surface area contributed by atoms with E-state index >= 15 is 0 Å². The Labute approximate surface area is 337 Å². The van der Waals surface area contributed by atoms with Gasteiger partial charge in [-0.2, -0.15) is 0 Å². The maximum atomic E-state index is 2.47. The molecule has 9 aromatic carbocycles. The molecule has 2 atom stereocenters. The van der Waals surface area contributed by atoms with Crippen LogP contribution in [0.15, 0.2) is 206 Å². The molecule has 0 saturated carbocycles. The van der Waals surface area contributed by atoms with Crippen molar-refractivity contribution < 1.29 is 0 Å². The Morgan fingerprint density at radius 2 is 0.842 bits per heavy atom. The van der Waals surface area contributed by atoms with Crippen molar-refractivity contribution in [3.8, 4) is 55.6 Å². The van der Waals surface area contributed by atoms with Crippen LogP contribution in [0.5, 0.6) is 0 Å². The Morgan fingerprint density at radius 1 is 0.298 bits per heavy atom. The Balaban J connectivity index is 1.00. The zero-order chi connectivity index (χ0) is 37.5. The average Bonchev–Trinajstić information content (AvgIpc) is 3.94. The van der Waals surface area contributed by atoms with E-state index in [1.807, 2.05) is 11.3 Å². The van der Waals surface area contributed by atoms with Crippen LogP contribution in [0.1, 0.15) is 45.2 Å². The zero-order valence-corrected chi connectivity index (χ0v) is 32.0. The first-order valence-electron chi connectivity index (χ1n) is 19.9. The summed E-state index contributed by atoms with van der Waals surface area (Å²) in [5.74, 6) is 0.336. The third-order valence-corrected chi connectivity index (χ3v) is 13.6. The number of thiophene rings is 1. The monoisotopic (exact) mass is 740 g/mol. The van der Waals surface area contributed by atoms with Crippen molar-refractivity contribution in [1.82, 2.24) is 0 Å². The van der Waals surface area contributed by atoms with Gasteiger partial charge in [-0.3, -0.25) is 0 Å². The van der Waals surface area contributed by atoms with Crippen molar-refractivity contribution >= 4 is 31.5 Å². The van der Waals surface area contributed by atoms with Gasteiger partial charge in [0.1, 0.15) is 0 Å². The molecule has 0 amide bonds. The minimum absolute atomic E-state index is 0.154. The molecule has 0 radical (unpaired) electrons. The summed E-state index contributed by atoms with van der Waals surface area (Å²) in [6.07, 6.45) is 0. The average molecular weight is 741 g/mol. The Morgan fingerprint density at radius 3 is 1.65 bits per heavy atom. The molecule has 1 heterocycles. The van der Waals surface area contributed by atoms with Crippen LogP contribution in [0.3, 0.4) is 0 Å². The Kier molecular flexibility index (Phi) is 7.33. The molecular formula is C56H36S. The Hall–Kier alpha value is -6.80. The minimum atomic E-state index is 0.154. The first-order chi connectivity index (χ1) is 28.3. The number of hydrogen-bond acceptors (Lipinski definition) is 1. The molecule has 2 aliphatic carbocycles. The van der Waals surface area contributed by atoms with E-state index in [1.165, 1.54) is 109 Å². The van der Waals surface area contributed by atoms with Gasteiger partial charge < -0.3 is 0 Å². The van der Waals surface area contributed by atoms with Crippen molar-refractivity contribution in [3.63, 3.8) is 0 Å². The lowest BCUT2D eigenvalue weighted by Crippen LogP contribution is -2.00. The summed E-state index contributed by atoms with van der Waals surface area (Å²) in [7, 11) is 0. The van der Waals surface area contributed by atoms with Crippen LogP contribution in [-0.2, 0) is 0 Å². The van der Waals surface area contributed by atoms with Crippen LogP contribution in [0.25, 0.3) is 75.8 Å². The van der Waals surface area contributed by atoms with Crippen molar-refractivity contribution in [3.05, 3.63) is 240 Å². The van der Waals surface area contributed by atoms with Crippen LogP contribution < -0.4 is 0 Å². The molecule has 0 nitrogen and oxygen atoms in total. The third kappa shape index (κ3) is 5.06. The fourth-order valence-corrected chi connectivity index (χ4v) is 11.1. The Bertz CT molecular complexity index is 3170. The molecule has 0 fully saturated rings. The number of benzene rings is 9. The van der Waals surface area contributed by atoms with Crippen LogP contribution >= 0.6 is 11.3 Å². The predicted molar refractivity (Wildman–Crippen MR) is 241 cm³/mol. The maximum Gasteiger partial charge on any atom is 0.0358 e. The van der Waals surface area contributed by atoms with Gasteiger partial charge in [-0.15, -0.1) is 11.3 Å². The number of hydrogen-bond donors (Lipinski definition) is 0. The van der Waals surface area contributed by atoms with Crippen LogP contribution in [0.2, 0.25) is 0 Å². The van der Waals surface area contributed by atoms with Crippen molar-refractivity contribution in [2.75, 3.05) is 0 Å². The van der Waals surface area contributed by atoms with Gasteiger partial charge in [0.05, 0.1) is 0 Å². The fraction of sp³-hybridized carbons (Fsp3) is 0.0357. The van der Waals surface area contributed by atoms with Gasteiger partial charge in [0.2, 0.25) is 0 Å². The normalized spacial score (nSPS) is 15.0. The number of rotatable bonds is 5. The first-order valence-corrected chi connectivity index (χ1v) is 20.7. The number of fused-ring (bicyclic) bond motifs is 9. The lowest BCUT2D eigenvalue weighted by molar-refractivity contribution is 1.02. The molecule has 0 aliphatic heterocycles. The highest BCUT2D eigenvalue weighted by molar-refractivity contribution is 7.25. The highest BCUT2D eigenvalue weighted by Gasteiger charge is 2.34. The van der Waals surface area contributed by atoms with Gasteiger partial charge in [-0.05, 0) is 113 Å². The molecule has 57 heavy (non-hydrogen) atoms. The van der Waals surface area contributed by atoms with Crippen molar-refractivity contribution in [1.29, 1.82) is 0 Å². The van der Waals surface area contributed by atoms with E-state index in [-0.39, 0.29) is 11.8 Å². The van der Waals surface area contributed by atoms with E-state index in [0.717, 1.165) is 0 Å². The molecular weight excluding hydrogens is 705 g/mol. The molecule has 266 valence electrons. The smallest absolute Gasteiger partial charge is 0.0358 e. The molecule has 0 bridgehead atoms. The topological polar surface area (TPSA) is 0 Å². The zero-order valence-electron chi connectivity index (χ0n) is 31.2. The second-order valence-corrected chi connectivity index (χ2v) is 16.6. The van der Waals surface area contributed by atoms with E-state index in [1.54, 1.807) is 0 Å². The van der Waals surface area contributed by atoms with Crippen LogP contribution in [0.4, 0.5) is 0 Å². The fourth-order valence-electron chi connectivity index (χ4n) is 9.96. The lowest BCUT2D eigenvalue weighted by atomic mass is 9.86. The second kappa shape index (κ2) is 12.9. The largest absolute Gasteiger partial charge is 0.135 e. The summed E-state index contributed by atoms with van der Waals surface area (Å²) in [4.78, 5) is 0. The summed E-state index contributed by atoms with van der Waals surface area (Å²) in [5.41, 5.74) is 21.1. The SMILES string of the molecule is c1ccc(-c2ccc(C3c4ccc(-c5ccc6c(c5)-c5ccccc5C6c5cccc6sc7ccccc7c56)cc4-c4c(-c5ccccc5)cccc43)cc2)cc1. The second-order valence-electron chi connectivity index (χ2n) is 15.5. The highest BCUT2D eigenvalue weighted by Crippen LogP contribution is 2.54. The molecule has 12 rings (SSSR count). The molecule has 0 spiro atoms. The van der Waals surface area contributed by atoms with Gasteiger partial charge in [0.15, 0.2) is 0 Å². The summed E-state index contributed by atoms with van der Waals surface area (Å²) in [6.45, 7) is 0. The third-order valence-electron chi connectivity index (χ3n) is 12.5. The lowest BCUT2D eigenvalue weighted by Gasteiger charge is -2.17. The standard InChI is InChI=1S/C56H36S/c1-3-13-35(14-4-1)36-25-27-38(28-26-36)53-45-32-30-40(34-50(45)54-41(20-11-21-47(53)54)37-15-5-2-6-16-37)39-29-31-44-49(33-39)42-17-7-8-18-43(42)55(44)48-22-12-24-52-56(48)46-19-9-10-23-51(46)57-52/h1-34,53,55H. The summed E-state index contributed by atoms with van der Waals surface area (Å²) in [6, 6.07) is 77.0. The van der Waals surface area contributed by atoms with Gasteiger partial charge in [0, 0.05) is 32.0 Å². The summed E-state index contributed by atoms with van der Waals surface area (Å²) < 4.78 is 2.71. The van der Waals surface area contributed by atoms with E-state index in [9.17, 15) is 0 Å². The van der Waals surface area contributed by atoms with Crippen LogP contribution in [0, 0.1) is 0 Å². The van der Waals surface area contributed by atoms with E-state index in [2.05, 4.69) is 206 Å². The van der Waals surface area contributed by atoms with E-state index < -0.39 is 0 Å². The van der Waals surface area contributed by atoms with Crippen LogP contribution in [-0.4, -0.2) is 0 Å². The van der Waals surface area contributed by atoms with E-state index in [4.69, 9.17) is 0 Å². The summed E-state index contributed by atoms with van der Waals surface area (Å²) >= 11 is 1.90. The molecule has 0 N–H and O–H groups in total. The molecule has 2 unspecified atom stereocenters. The van der Waals surface area contributed by atoms with Gasteiger partial charge >= 0.3 is 0 Å². The van der Waals surface area contributed by atoms with Crippen molar-refractivity contribution in [2.45, 2.75) is 11.8 Å². The molecule has 10 aromatic rings. The maximum absolute atomic E-state index is 2.47. The quantitative estimate of drug-likeness (QED) is 0.165.